The Balaban J connectivity index is 1.72. The van der Waals surface area contributed by atoms with Gasteiger partial charge in [0.2, 0.25) is 0 Å². The Kier molecular flexibility index (Phi) is 9.54. The highest BCUT2D eigenvalue weighted by molar-refractivity contribution is 4.98. The largest absolute Gasteiger partial charge is 0.394 e. The average molecular weight is 501 g/mol. The maximum absolute atomic E-state index is 10.8. The first-order valence-corrected chi connectivity index (χ1v) is 10.8. The standard InChI is InChI=1S/C18H35N3O13/c19-7-12(27)14(5(2-23)30-16(7)29)33-18-9(21)13(28)15(6(3-24)32-18)34-17-8(20)11(26)10(25)4(1-22)31-17/h4-18,22-29H,1-3,19-21H2/t4-,5-,6-,7-,8-,9-,10-,11-,12-,13-,14-,15-,16-,17+,18+/m1/s1. The van der Waals surface area contributed by atoms with Crippen molar-refractivity contribution >= 4 is 0 Å². The van der Waals surface area contributed by atoms with Crippen molar-refractivity contribution in [1.82, 2.24) is 0 Å². The predicted octanol–water partition coefficient (Wildman–Crippen LogP) is -7.67. The summed E-state index contributed by atoms with van der Waals surface area (Å²) in [6, 6.07) is -3.87. The van der Waals surface area contributed by atoms with E-state index < -0.39 is 112 Å². The van der Waals surface area contributed by atoms with Crippen LogP contribution in [0.25, 0.3) is 0 Å². The van der Waals surface area contributed by atoms with Crippen LogP contribution in [0.3, 0.4) is 0 Å². The summed E-state index contributed by atoms with van der Waals surface area (Å²) >= 11 is 0. The summed E-state index contributed by atoms with van der Waals surface area (Å²) in [7, 11) is 0. The first kappa shape index (κ1) is 27.9. The van der Waals surface area contributed by atoms with Crippen LogP contribution in [0, 0.1) is 0 Å². The molecule has 0 aromatic rings. The molecule has 0 aliphatic carbocycles. The van der Waals surface area contributed by atoms with Gasteiger partial charge in [0.25, 0.3) is 0 Å². The van der Waals surface area contributed by atoms with Crippen LogP contribution in [0.2, 0.25) is 0 Å². The van der Waals surface area contributed by atoms with E-state index in [0.29, 0.717) is 0 Å². The molecule has 14 N–H and O–H groups in total. The van der Waals surface area contributed by atoms with E-state index in [0.717, 1.165) is 0 Å². The molecule has 0 unspecified atom stereocenters. The molecule has 34 heavy (non-hydrogen) atoms. The lowest BCUT2D eigenvalue weighted by molar-refractivity contribution is -0.348. The number of nitrogens with two attached hydrogens (primary N) is 3. The third-order valence-corrected chi connectivity index (χ3v) is 6.33. The maximum Gasteiger partial charge on any atom is 0.176 e. The molecule has 3 rings (SSSR count). The van der Waals surface area contributed by atoms with Gasteiger partial charge in [-0.3, -0.25) is 0 Å². The molecule has 3 aliphatic heterocycles. The zero-order valence-electron chi connectivity index (χ0n) is 18.1. The number of rotatable bonds is 7. The molecular formula is C18H35N3O13. The van der Waals surface area contributed by atoms with Crippen molar-refractivity contribution < 1.29 is 64.5 Å². The topological polar surface area (TPSA) is 286 Å². The van der Waals surface area contributed by atoms with Gasteiger partial charge in [-0.15, -0.1) is 0 Å². The summed E-state index contributed by atoms with van der Waals surface area (Å²) < 4.78 is 27.4. The highest BCUT2D eigenvalue weighted by Crippen LogP contribution is 2.30. The Morgan fingerprint density at radius 2 is 0.941 bits per heavy atom. The van der Waals surface area contributed by atoms with E-state index in [9.17, 15) is 40.9 Å². The molecule has 0 saturated carbocycles. The van der Waals surface area contributed by atoms with E-state index in [1.54, 1.807) is 0 Å². The second kappa shape index (κ2) is 11.6. The number of hydrogen-bond acceptors (Lipinski definition) is 16. The van der Waals surface area contributed by atoms with Gasteiger partial charge in [0.15, 0.2) is 18.9 Å². The summed E-state index contributed by atoms with van der Waals surface area (Å²) in [6.07, 6.45) is -16.8. The number of hydrogen-bond donors (Lipinski definition) is 11. The first-order valence-electron chi connectivity index (χ1n) is 10.8. The van der Waals surface area contributed by atoms with Gasteiger partial charge in [0.05, 0.1) is 37.9 Å². The second-order valence-electron chi connectivity index (χ2n) is 8.59. The Labute approximate surface area is 194 Å². The molecular weight excluding hydrogens is 466 g/mol. The van der Waals surface area contributed by atoms with E-state index >= 15 is 0 Å². The zero-order chi connectivity index (χ0) is 25.3. The molecule has 15 atom stereocenters. The minimum atomic E-state index is -1.56. The zero-order valence-corrected chi connectivity index (χ0v) is 18.1. The van der Waals surface area contributed by atoms with Crippen LogP contribution >= 0.6 is 0 Å². The van der Waals surface area contributed by atoms with E-state index in [4.69, 9.17) is 40.9 Å². The van der Waals surface area contributed by atoms with Gasteiger partial charge in [-0.1, -0.05) is 0 Å². The molecule has 3 heterocycles. The Morgan fingerprint density at radius 1 is 0.529 bits per heavy atom. The highest BCUT2D eigenvalue weighted by atomic mass is 16.7. The molecule has 0 radical (unpaired) electrons. The quantitative estimate of drug-likeness (QED) is 0.154. The van der Waals surface area contributed by atoms with Crippen LogP contribution in [0.1, 0.15) is 0 Å². The predicted molar refractivity (Wildman–Crippen MR) is 107 cm³/mol. The Morgan fingerprint density at radius 3 is 1.44 bits per heavy atom. The molecule has 16 heteroatoms. The minimum absolute atomic E-state index is 0.651. The van der Waals surface area contributed by atoms with E-state index in [2.05, 4.69) is 0 Å². The lowest BCUT2D eigenvalue weighted by atomic mass is 9.94. The molecule has 0 spiro atoms. The van der Waals surface area contributed by atoms with Gasteiger partial charge in [-0.25, -0.2) is 0 Å². The lowest BCUT2D eigenvalue weighted by Crippen LogP contribution is -2.69. The average Bonchev–Trinajstić information content (AvgIpc) is 2.83. The second-order valence-corrected chi connectivity index (χ2v) is 8.59. The normalized spacial score (nSPS) is 52.5. The van der Waals surface area contributed by atoms with Crippen LogP contribution in [0.15, 0.2) is 0 Å². The molecule has 200 valence electrons. The molecule has 16 nitrogen and oxygen atoms in total. The van der Waals surface area contributed by atoms with Crippen LogP contribution in [-0.4, -0.2) is 153 Å². The highest BCUT2D eigenvalue weighted by Gasteiger charge is 2.52. The molecule has 0 aromatic heterocycles. The SMILES string of the molecule is N[C@@H]1[C@@H](O)[C@H](O[C@@H]2O[C@H](CO)[C@@H](O[C@@H]3O[C@H](CO)[C@@H](O)[C@H](O)[C@H]3N)[C@H](O)[C@H]2N)[C@@H](CO)O[C@H]1O. The fraction of sp³-hybridized carbons (Fsp3) is 1.00. The number of aliphatic hydroxyl groups is 8. The van der Waals surface area contributed by atoms with Crippen LogP contribution in [-0.2, 0) is 23.7 Å². The Bertz CT molecular complexity index is 646. The fourth-order valence-corrected chi connectivity index (χ4v) is 4.18. The summed E-state index contributed by atoms with van der Waals surface area (Å²) in [5, 5.41) is 79.6. The first-order chi connectivity index (χ1) is 16.0. The van der Waals surface area contributed by atoms with Crippen molar-refractivity contribution in [3.8, 4) is 0 Å². The third kappa shape index (κ3) is 5.37. The molecule has 0 bridgehead atoms. The maximum atomic E-state index is 10.8. The minimum Gasteiger partial charge on any atom is -0.394 e. The van der Waals surface area contributed by atoms with Crippen molar-refractivity contribution in [1.29, 1.82) is 0 Å². The fourth-order valence-electron chi connectivity index (χ4n) is 4.18. The number of aliphatic hydroxyl groups excluding tert-OH is 8. The molecule has 3 aliphatic rings. The van der Waals surface area contributed by atoms with Crippen LogP contribution in [0.5, 0.6) is 0 Å². The molecule has 0 amide bonds. The van der Waals surface area contributed by atoms with E-state index in [-0.39, 0.29) is 0 Å². The Hall–Kier alpha value is -0.640. The van der Waals surface area contributed by atoms with Crippen molar-refractivity contribution in [2.45, 2.75) is 91.9 Å². The van der Waals surface area contributed by atoms with Gasteiger partial charge in [-0.05, 0) is 0 Å². The van der Waals surface area contributed by atoms with Gasteiger partial charge in [-0.2, -0.15) is 0 Å². The lowest BCUT2D eigenvalue weighted by Gasteiger charge is -2.48. The van der Waals surface area contributed by atoms with Crippen LogP contribution in [0.4, 0.5) is 0 Å². The van der Waals surface area contributed by atoms with Gasteiger partial charge < -0.3 is 81.7 Å². The summed E-state index contributed by atoms with van der Waals surface area (Å²) in [5.41, 5.74) is 17.6. The molecule has 3 saturated heterocycles. The molecule has 3 fully saturated rings. The smallest absolute Gasteiger partial charge is 0.176 e. The third-order valence-electron chi connectivity index (χ3n) is 6.33. The van der Waals surface area contributed by atoms with Crippen molar-refractivity contribution in [2.24, 2.45) is 17.2 Å². The van der Waals surface area contributed by atoms with E-state index in [1.165, 1.54) is 0 Å². The summed E-state index contributed by atoms with van der Waals surface area (Å²) in [4.78, 5) is 0. The summed E-state index contributed by atoms with van der Waals surface area (Å²) in [5.74, 6) is 0. The van der Waals surface area contributed by atoms with Crippen molar-refractivity contribution in [3.05, 3.63) is 0 Å². The van der Waals surface area contributed by atoms with Crippen molar-refractivity contribution in [3.63, 3.8) is 0 Å². The van der Waals surface area contributed by atoms with Crippen LogP contribution < -0.4 is 17.2 Å². The van der Waals surface area contributed by atoms with E-state index in [1.807, 2.05) is 0 Å². The number of ether oxygens (including phenoxy) is 5. The van der Waals surface area contributed by atoms with Gasteiger partial charge >= 0.3 is 0 Å². The van der Waals surface area contributed by atoms with Gasteiger partial charge in [0, 0.05) is 0 Å². The monoisotopic (exact) mass is 501 g/mol. The summed E-state index contributed by atoms with van der Waals surface area (Å²) in [6.45, 7) is -2.00. The van der Waals surface area contributed by atoms with Crippen molar-refractivity contribution in [2.75, 3.05) is 19.8 Å². The molecule has 0 aromatic carbocycles. The van der Waals surface area contributed by atoms with Gasteiger partial charge in [0.1, 0.15) is 54.9 Å².